The van der Waals surface area contributed by atoms with Crippen LogP contribution in [0.4, 0.5) is 14.3 Å². The van der Waals surface area contributed by atoms with Crippen LogP contribution in [0, 0.1) is 5.82 Å². The summed E-state index contributed by atoms with van der Waals surface area (Å²) in [6.07, 6.45) is -0.697. The lowest BCUT2D eigenvalue weighted by Gasteiger charge is -2.04. The van der Waals surface area contributed by atoms with Gasteiger partial charge in [-0.2, -0.15) is 0 Å². The van der Waals surface area contributed by atoms with Gasteiger partial charge in [-0.1, -0.05) is 35.2 Å². The molecular formula is C14H14FN3O4S2. The summed E-state index contributed by atoms with van der Waals surface area (Å²) in [4.78, 5) is 22.9. The Hall–Kier alpha value is -2.20. The predicted octanol–water partition coefficient (Wildman–Crippen LogP) is 3.08. The molecule has 1 aromatic heterocycles. The number of hydrogen-bond acceptors (Lipinski definition) is 8. The second-order valence-electron chi connectivity index (χ2n) is 4.29. The van der Waals surface area contributed by atoms with Crippen molar-refractivity contribution < 1.29 is 23.5 Å². The Kier molecular flexibility index (Phi) is 6.94. The number of carbonyl (C=O) groups excluding carboxylic acids is 2. The zero-order valence-corrected chi connectivity index (χ0v) is 14.3. The third-order valence-corrected chi connectivity index (χ3v) is 4.46. The van der Waals surface area contributed by atoms with Crippen LogP contribution in [-0.4, -0.2) is 34.6 Å². The van der Waals surface area contributed by atoms with Crippen LogP contribution in [0.5, 0.6) is 0 Å². The van der Waals surface area contributed by atoms with E-state index in [1.807, 2.05) is 0 Å². The first-order valence-corrected chi connectivity index (χ1v) is 8.67. The van der Waals surface area contributed by atoms with Crippen molar-refractivity contribution in [3.8, 4) is 0 Å². The molecule has 1 aromatic carbocycles. The van der Waals surface area contributed by atoms with Crippen molar-refractivity contribution in [2.75, 3.05) is 17.7 Å². The van der Waals surface area contributed by atoms with Gasteiger partial charge in [0.05, 0.1) is 12.4 Å². The Morgan fingerprint density at radius 1 is 1.25 bits per heavy atom. The maximum absolute atomic E-state index is 12.8. The molecule has 0 unspecified atom stereocenters. The molecule has 1 heterocycles. The Labute approximate surface area is 145 Å². The highest BCUT2D eigenvalue weighted by Crippen LogP contribution is 2.25. The van der Waals surface area contributed by atoms with E-state index < -0.39 is 6.09 Å². The van der Waals surface area contributed by atoms with Crippen molar-refractivity contribution in [3.63, 3.8) is 0 Å². The summed E-state index contributed by atoms with van der Waals surface area (Å²) < 4.78 is 23.1. The van der Waals surface area contributed by atoms with Crippen molar-refractivity contribution in [1.82, 2.24) is 10.2 Å². The van der Waals surface area contributed by atoms with Gasteiger partial charge in [0.2, 0.25) is 5.13 Å². The van der Waals surface area contributed by atoms with Gasteiger partial charge in [-0.15, -0.1) is 10.2 Å². The van der Waals surface area contributed by atoms with Crippen molar-refractivity contribution >= 4 is 40.3 Å². The van der Waals surface area contributed by atoms with Gasteiger partial charge < -0.3 is 9.47 Å². The molecule has 128 valence electrons. The number of benzene rings is 1. The summed E-state index contributed by atoms with van der Waals surface area (Å²) in [5.74, 6) is -0.576. The molecule has 2 rings (SSSR count). The average Bonchev–Trinajstić information content (AvgIpc) is 3.00. The molecule has 0 aliphatic heterocycles. The van der Waals surface area contributed by atoms with Crippen LogP contribution >= 0.6 is 23.1 Å². The van der Waals surface area contributed by atoms with E-state index in [0.717, 1.165) is 11.3 Å². The summed E-state index contributed by atoms with van der Waals surface area (Å²) >= 11 is 2.29. The van der Waals surface area contributed by atoms with Crippen molar-refractivity contribution in [3.05, 3.63) is 35.6 Å². The smallest absolute Gasteiger partial charge is 0.413 e. The van der Waals surface area contributed by atoms with Crippen LogP contribution in [0.2, 0.25) is 0 Å². The molecule has 0 aliphatic rings. The largest absolute Gasteiger partial charge is 0.465 e. The third kappa shape index (κ3) is 6.13. The summed E-state index contributed by atoms with van der Waals surface area (Å²) in [5, 5.41) is 10.3. The van der Waals surface area contributed by atoms with E-state index in [2.05, 4.69) is 15.5 Å². The normalized spacial score (nSPS) is 10.2. The molecule has 2 aromatic rings. The number of rotatable bonds is 7. The van der Waals surface area contributed by atoms with Gasteiger partial charge in [0.15, 0.2) is 4.34 Å². The number of ether oxygens (including phenoxy) is 2. The first-order chi connectivity index (χ1) is 11.6. The number of anilines is 1. The Balaban J connectivity index is 1.75. The quantitative estimate of drug-likeness (QED) is 0.454. The lowest BCUT2D eigenvalue weighted by Crippen LogP contribution is -2.13. The number of halogens is 1. The van der Waals surface area contributed by atoms with E-state index in [0.29, 0.717) is 16.5 Å². The Morgan fingerprint density at radius 2 is 2.00 bits per heavy atom. The highest BCUT2D eigenvalue weighted by Gasteiger charge is 2.11. The van der Waals surface area contributed by atoms with E-state index in [1.54, 1.807) is 6.92 Å². The second-order valence-corrected chi connectivity index (χ2v) is 6.49. The fourth-order valence-corrected chi connectivity index (χ4v) is 3.03. The lowest BCUT2D eigenvalue weighted by molar-refractivity contribution is -0.139. The van der Waals surface area contributed by atoms with E-state index >= 15 is 0 Å². The second kappa shape index (κ2) is 9.18. The number of esters is 1. The fraction of sp³-hybridized carbons (Fsp3) is 0.286. The van der Waals surface area contributed by atoms with Crippen LogP contribution in [-0.2, 0) is 20.9 Å². The van der Waals surface area contributed by atoms with Gasteiger partial charge >= 0.3 is 12.1 Å². The van der Waals surface area contributed by atoms with Crippen molar-refractivity contribution in [2.45, 2.75) is 17.9 Å². The van der Waals surface area contributed by atoms with Crippen molar-refractivity contribution in [1.29, 1.82) is 0 Å². The lowest BCUT2D eigenvalue weighted by atomic mass is 10.2. The van der Waals surface area contributed by atoms with Gasteiger partial charge in [0, 0.05) is 0 Å². The summed E-state index contributed by atoms with van der Waals surface area (Å²) in [6, 6.07) is 5.62. The molecule has 0 fully saturated rings. The van der Waals surface area contributed by atoms with Gasteiger partial charge in [-0.05, 0) is 24.6 Å². The van der Waals surface area contributed by atoms with Crippen LogP contribution in [0.3, 0.4) is 0 Å². The predicted molar refractivity (Wildman–Crippen MR) is 87.5 cm³/mol. The van der Waals surface area contributed by atoms with E-state index in [1.165, 1.54) is 36.0 Å². The number of aromatic nitrogens is 2. The SMILES string of the molecule is CCOC(=O)CSc1nnc(NC(=O)OCc2ccc(F)cc2)s1. The van der Waals surface area contributed by atoms with Gasteiger partial charge in [0.1, 0.15) is 12.4 Å². The molecular weight excluding hydrogens is 357 g/mol. The van der Waals surface area contributed by atoms with Crippen LogP contribution < -0.4 is 5.32 Å². The first-order valence-electron chi connectivity index (χ1n) is 6.87. The highest BCUT2D eigenvalue weighted by molar-refractivity contribution is 8.01. The molecule has 0 radical (unpaired) electrons. The zero-order valence-electron chi connectivity index (χ0n) is 12.7. The van der Waals surface area contributed by atoms with Gasteiger partial charge in [-0.3, -0.25) is 10.1 Å². The molecule has 0 saturated heterocycles. The summed E-state index contributed by atoms with van der Waals surface area (Å²) in [7, 11) is 0. The number of nitrogens with zero attached hydrogens (tertiary/aromatic N) is 2. The molecule has 10 heteroatoms. The molecule has 1 N–H and O–H groups in total. The Morgan fingerprint density at radius 3 is 2.71 bits per heavy atom. The van der Waals surface area contributed by atoms with Gasteiger partial charge in [0.25, 0.3) is 0 Å². The molecule has 0 bridgehead atoms. The number of nitrogens with one attached hydrogen (secondary N) is 1. The molecule has 0 spiro atoms. The number of hydrogen-bond donors (Lipinski definition) is 1. The number of carbonyl (C=O) groups is 2. The van der Waals surface area contributed by atoms with E-state index in [4.69, 9.17) is 9.47 Å². The standard InChI is InChI=1S/C14H14FN3O4S2/c1-2-21-11(19)8-23-14-18-17-12(24-14)16-13(20)22-7-9-3-5-10(15)6-4-9/h3-6H,2,7-8H2,1H3,(H,16,17,20). The average molecular weight is 371 g/mol. The zero-order chi connectivity index (χ0) is 17.4. The molecule has 0 atom stereocenters. The molecule has 24 heavy (non-hydrogen) atoms. The number of amides is 1. The monoisotopic (exact) mass is 371 g/mol. The minimum atomic E-state index is -0.697. The maximum atomic E-state index is 12.8. The Bertz CT molecular complexity index is 694. The van der Waals surface area contributed by atoms with Crippen LogP contribution in [0.1, 0.15) is 12.5 Å². The minimum Gasteiger partial charge on any atom is -0.465 e. The van der Waals surface area contributed by atoms with Crippen LogP contribution in [0.25, 0.3) is 0 Å². The van der Waals surface area contributed by atoms with Crippen LogP contribution in [0.15, 0.2) is 28.6 Å². The molecule has 0 saturated carbocycles. The molecule has 7 nitrogen and oxygen atoms in total. The van der Waals surface area contributed by atoms with E-state index in [-0.39, 0.29) is 29.3 Å². The van der Waals surface area contributed by atoms with Crippen molar-refractivity contribution in [2.24, 2.45) is 0 Å². The topological polar surface area (TPSA) is 90.4 Å². The first kappa shape index (κ1) is 18.1. The van der Waals surface area contributed by atoms with Gasteiger partial charge in [-0.25, -0.2) is 9.18 Å². The molecule has 0 aliphatic carbocycles. The third-order valence-electron chi connectivity index (χ3n) is 2.52. The summed E-state index contributed by atoms with van der Waals surface area (Å²) in [5.41, 5.74) is 0.662. The van der Waals surface area contributed by atoms with E-state index in [9.17, 15) is 14.0 Å². The highest BCUT2D eigenvalue weighted by atomic mass is 32.2. The summed E-state index contributed by atoms with van der Waals surface area (Å²) in [6.45, 7) is 2.06. The number of thioether (sulfide) groups is 1. The minimum absolute atomic E-state index is 0.00931. The fourth-order valence-electron chi connectivity index (χ4n) is 1.49. The molecule has 1 amide bonds. The maximum Gasteiger partial charge on any atom is 0.413 e.